The molecule has 1 N–H and O–H groups in total. The zero-order chi connectivity index (χ0) is 20.5. The second-order valence-electron chi connectivity index (χ2n) is 7.17. The van der Waals surface area contributed by atoms with E-state index in [4.69, 9.17) is 4.74 Å². The fourth-order valence-electron chi connectivity index (χ4n) is 3.55. The molecule has 0 bridgehead atoms. The lowest BCUT2D eigenvalue weighted by Gasteiger charge is -2.31. The fourth-order valence-corrected chi connectivity index (χ4v) is 3.55. The van der Waals surface area contributed by atoms with Gasteiger partial charge in [-0.05, 0) is 11.1 Å². The summed E-state index contributed by atoms with van der Waals surface area (Å²) >= 11 is 0. The molecule has 1 saturated heterocycles. The number of hydrogen-bond acceptors (Lipinski definition) is 3. The lowest BCUT2D eigenvalue weighted by atomic mass is 9.97. The zero-order valence-corrected chi connectivity index (χ0v) is 20.0. The number of nitrogens with one attached hydrogen (secondary N) is 1. The van der Waals surface area contributed by atoms with Gasteiger partial charge in [0.15, 0.2) is 5.96 Å². The normalized spacial score (nSPS) is 15.1. The quantitative estimate of drug-likeness (QED) is 0.360. The second kappa shape index (κ2) is 12.5. The number of rotatable bonds is 6. The number of guanidine groups is 1. The molecule has 3 rings (SSSR count). The van der Waals surface area contributed by atoms with E-state index in [1.807, 2.05) is 60.5 Å². The summed E-state index contributed by atoms with van der Waals surface area (Å²) in [6.07, 6.45) is 0. The highest BCUT2D eigenvalue weighted by atomic mass is 127. The first-order valence-corrected chi connectivity index (χ1v) is 10.1. The van der Waals surface area contributed by atoms with Crippen molar-refractivity contribution in [1.29, 1.82) is 0 Å². The molecule has 162 valence electrons. The zero-order valence-electron chi connectivity index (χ0n) is 17.7. The molecule has 0 aromatic heterocycles. The lowest BCUT2D eigenvalue weighted by Crippen LogP contribution is -2.47. The molecule has 1 aliphatic rings. The Morgan fingerprint density at radius 1 is 1.10 bits per heavy atom. The standard InChI is InChI=1S/C23H30N4O2.HI/c1-24-23(26(2)18-19-9-5-3-6-10-19)25-17-21(20-11-7-4-8-12-20)22(28)27-13-15-29-16-14-27;/h3-12,21H,13-18H2,1-2H3,(H,24,25);1H. The smallest absolute Gasteiger partial charge is 0.232 e. The van der Waals surface area contributed by atoms with Gasteiger partial charge in [-0.1, -0.05) is 60.7 Å². The molecule has 0 aliphatic carbocycles. The molecule has 6 nitrogen and oxygen atoms in total. The van der Waals surface area contributed by atoms with Crippen molar-refractivity contribution in [2.45, 2.75) is 12.5 Å². The minimum absolute atomic E-state index is 0. The molecule has 7 heteroatoms. The molecule has 2 aromatic carbocycles. The molecule has 1 heterocycles. The summed E-state index contributed by atoms with van der Waals surface area (Å²) in [5.41, 5.74) is 2.22. The third kappa shape index (κ3) is 6.70. The van der Waals surface area contributed by atoms with Crippen molar-refractivity contribution in [2.24, 2.45) is 4.99 Å². The van der Waals surface area contributed by atoms with Gasteiger partial charge in [0.05, 0.1) is 19.1 Å². The summed E-state index contributed by atoms with van der Waals surface area (Å²) in [4.78, 5) is 21.6. The van der Waals surface area contributed by atoms with Crippen molar-refractivity contribution in [1.82, 2.24) is 15.1 Å². The van der Waals surface area contributed by atoms with Crippen LogP contribution in [0.1, 0.15) is 17.0 Å². The van der Waals surface area contributed by atoms with E-state index in [-0.39, 0.29) is 35.8 Å². The van der Waals surface area contributed by atoms with Crippen molar-refractivity contribution >= 4 is 35.8 Å². The molecule has 0 radical (unpaired) electrons. The van der Waals surface area contributed by atoms with Crippen LogP contribution in [0, 0.1) is 0 Å². The largest absolute Gasteiger partial charge is 0.378 e. The van der Waals surface area contributed by atoms with Crippen LogP contribution >= 0.6 is 24.0 Å². The average molecular weight is 522 g/mol. The van der Waals surface area contributed by atoms with Gasteiger partial charge in [-0.2, -0.15) is 0 Å². The third-order valence-corrected chi connectivity index (χ3v) is 5.12. The van der Waals surface area contributed by atoms with E-state index in [0.717, 1.165) is 18.1 Å². The van der Waals surface area contributed by atoms with Crippen molar-refractivity contribution in [2.75, 3.05) is 46.9 Å². The summed E-state index contributed by atoms with van der Waals surface area (Å²) in [5.74, 6) is 0.633. The molecule has 30 heavy (non-hydrogen) atoms. The van der Waals surface area contributed by atoms with Crippen LogP contribution in [0.4, 0.5) is 0 Å². The summed E-state index contributed by atoms with van der Waals surface area (Å²) in [6, 6.07) is 20.2. The molecule has 1 amide bonds. The maximum atomic E-state index is 13.2. The van der Waals surface area contributed by atoms with Gasteiger partial charge >= 0.3 is 0 Å². The molecule has 1 aliphatic heterocycles. The predicted octanol–water partition coefficient (Wildman–Crippen LogP) is 2.95. The van der Waals surface area contributed by atoms with E-state index in [0.29, 0.717) is 32.8 Å². The van der Waals surface area contributed by atoms with Crippen molar-refractivity contribution in [3.05, 3.63) is 71.8 Å². The van der Waals surface area contributed by atoms with Gasteiger partial charge in [0.25, 0.3) is 0 Å². The number of amides is 1. The molecular formula is C23H31IN4O2. The van der Waals surface area contributed by atoms with Crippen molar-refractivity contribution in [3.63, 3.8) is 0 Å². The van der Waals surface area contributed by atoms with Gasteiger partial charge in [-0.3, -0.25) is 9.79 Å². The Balaban J connectivity index is 0.00000320. The number of carbonyl (C=O) groups is 1. The number of benzene rings is 2. The Hall–Kier alpha value is -2.13. The highest BCUT2D eigenvalue weighted by Crippen LogP contribution is 2.19. The minimum Gasteiger partial charge on any atom is -0.378 e. The van der Waals surface area contributed by atoms with Crippen LogP contribution < -0.4 is 5.32 Å². The van der Waals surface area contributed by atoms with Gasteiger partial charge in [-0.15, -0.1) is 24.0 Å². The van der Waals surface area contributed by atoms with E-state index in [1.165, 1.54) is 5.56 Å². The molecule has 0 spiro atoms. The first-order valence-electron chi connectivity index (χ1n) is 10.1. The summed E-state index contributed by atoms with van der Waals surface area (Å²) in [7, 11) is 3.77. The van der Waals surface area contributed by atoms with Crippen LogP contribution in [0.2, 0.25) is 0 Å². The van der Waals surface area contributed by atoms with Crippen molar-refractivity contribution < 1.29 is 9.53 Å². The number of morpholine rings is 1. The maximum absolute atomic E-state index is 13.2. The first kappa shape index (κ1) is 24.1. The molecule has 0 saturated carbocycles. The van der Waals surface area contributed by atoms with Crippen LogP contribution in [0.15, 0.2) is 65.7 Å². The van der Waals surface area contributed by atoms with Crippen LogP contribution in [0.3, 0.4) is 0 Å². The van der Waals surface area contributed by atoms with Crippen molar-refractivity contribution in [3.8, 4) is 0 Å². The predicted molar refractivity (Wildman–Crippen MR) is 131 cm³/mol. The van der Waals surface area contributed by atoms with Gasteiger partial charge in [0, 0.05) is 40.3 Å². The SMILES string of the molecule is CN=C(NCC(C(=O)N1CCOCC1)c1ccccc1)N(C)Cc1ccccc1.I. The topological polar surface area (TPSA) is 57.2 Å². The number of halogens is 1. The molecule has 1 atom stereocenters. The first-order chi connectivity index (χ1) is 14.2. The number of carbonyl (C=O) groups excluding carboxylic acids is 1. The Labute approximate surface area is 196 Å². The second-order valence-corrected chi connectivity index (χ2v) is 7.17. The Morgan fingerprint density at radius 3 is 2.30 bits per heavy atom. The van der Waals surface area contributed by atoms with E-state index in [1.54, 1.807) is 7.05 Å². The van der Waals surface area contributed by atoms with Crippen LogP contribution in [0.25, 0.3) is 0 Å². The van der Waals surface area contributed by atoms with Gasteiger partial charge in [-0.25, -0.2) is 0 Å². The monoisotopic (exact) mass is 522 g/mol. The van der Waals surface area contributed by atoms with Crippen LogP contribution in [-0.4, -0.2) is 68.6 Å². The van der Waals surface area contributed by atoms with Crippen LogP contribution in [0.5, 0.6) is 0 Å². The Kier molecular flexibility index (Phi) is 10.1. The summed E-state index contributed by atoms with van der Waals surface area (Å²) in [6.45, 7) is 3.72. The van der Waals surface area contributed by atoms with E-state index in [9.17, 15) is 4.79 Å². The van der Waals surface area contributed by atoms with E-state index in [2.05, 4.69) is 27.3 Å². The number of aliphatic imine (C=N–C) groups is 1. The maximum Gasteiger partial charge on any atom is 0.232 e. The number of ether oxygens (including phenoxy) is 1. The van der Waals surface area contributed by atoms with Crippen LogP contribution in [-0.2, 0) is 16.1 Å². The molecule has 2 aromatic rings. The Morgan fingerprint density at radius 2 is 1.70 bits per heavy atom. The molecular weight excluding hydrogens is 491 g/mol. The molecule has 1 unspecified atom stereocenters. The highest BCUT2D eigenvalue weighted by Gasteiger charge is 2.27. The summed E-state index contributed by atoms with van der Waals surface area (Å²) < 4.78 is 5.40. The van der Waals surface area contributed by atoms with E-state index < -0.39 is 0 Å². The molecule has 1 fully saturated rings. The third-order valence-electron chi connectivity index (χ3n) is 5.12. The van der Waals surface area contributed by atoms with Gasteiger partial charge in [0.1, 0.15) is 0 Å². The lowest BCUT2D eigenvalue weighted by molar-refractivity contribution is -0.136. The highest BCUT2D eigenvalue weighted by molar-refractivity contribution is 14.0. The van der Waals surface area contributed by atoms with Gasteiger partial charge < -0.3 is 19.9 Å². The van der Waals surface area contributed by atoms with E-state index >= 15 is 0 Å². The minimum atomic E-state index is -0.267. The average Bonchev–Trinajstić information content (AvgIpc) is 2.78. The van der Waals surface area contributed by atoms with Gasteiger partial charge in [0.2, 0.25) is 5.91 Å². The number of nitrogens with zero attached hydrogens (tertiary/aromatic N) is 3. The number of hydrogen-bond donors (Lipinski definition) is 1. The Bertz CT molecular complexity index is 795. The summed E-state index contributed by atoms with van der Waals surface area (Å²) in [5, 5.41) is 3.41. The fraction of sp³-hybridized carbons (Fsp3) is 0.391.